The van der Waals surface area contributed by atoms with Crippen LogP contribution >= 0.6 is 0 Å². The number of carbonyl (C=O) groups is 1. The summed E-state index contributed by atoms with van der Waals surface area (Å²) in [5, 5.41) is 12.0. The third-order valence-electron chi connectivity index (χ3n) is 3.54. The Labute approximate surface area is 130 Å². The molecule has 7 nitrogen and oxygen atoms in total. The number of aryl methyl sites for hydroxylation is 2. The minimum atomic E-state index is -0.428. The fourth-order valence-electron chi connectivity index (χ4n) is 2.36. The molecule has 118 valence electrons. The number of halogens is 1. The Morgan fingerprint density at radius 1 is 1.22 bits per heavy atom. The molecule has 2 aromatic heterocycles. The van der Waals surface area contributed by atoms with Crippen molar-refractivity contribution in [2.75, 3.05) is 0 Å². The van der Waals surface area contributed by atoms with Crippen LogP contribution in [0.1, 0.15) is 23.0 Å². The predicted octanol–water partition coefficient (Wildman–Crippen LogP) is 1.34. The fourth-order valence-corrected chi connectivity index (χ4v) is 2.36. The van der Waals surface area contributed by atoms with Crippen LogP contribution in [0.4, 0.5) is 4.39 Å². The third-order valence-corrected chi connectivity index (χ3v) is 3.54. The molecule has 0 aliphatic heterocycles. The first kappa shape index (κ1) is 15.0. The van der Waals surface area contributed by atoms with Gasteiger partial charge in [0.25, 0.3) is 5.56 Å². The molecule has 0 aliphatic carbocycles. The largest absolute Gasteiger partial charge is 0.296 e. The first-order chi connectivity index (χ1) is 11.0. The van der Waals surface area contributed by atoms with Crippen molar-refractivity contribution in [2.45, 2.75) is 26.9 Å². The lowest BCUT2D eigenvalue weighted by Gasteiger charge is -2.04. The molecule has 0 aliphatic rings. The Balaban J connectivity index is 2.00. The van der Waals surface area contributed by atoms with Crippen LogP contribution in [0.15, 0.2) is 29.1 Å². The molecule has 0 bridgehead atoms. The van der Waals surface area contributed by atoms with Gasteiger partial charge < -0.3 is 0 Å². The first-order valence-electron chi connectivity index (χ1n) is 7.11. The maximum atomic E-state index is 12.9. The number of carbonyl (C=O) groups excluding carboxylic acids is 1. The summed E-state index contributed by atoms with van der Waals surface area (Å²) in [6.07, 6.45) is 0. The number of Topliss-reactive ketones (excluding diaryl/α,β-unsaturated/α-hetero) is 1. The van der Waals surface area contributed by atoms with Crippen molar-refractivity contribution >= 4 is 16.8 Å². The Bertz CT molecular complexity index is 943. The zero-order chi connectivity index (χ0) is 16.6. The average molecular weight is 315 g/mol. The Morgan fingerprint density at radius 2 is 1.91 bits per heavy atom. The molecule has 8 heteroatoms. The highest BCUT2D eigenvalue weighted by Gasteiger charge is 2.16. The van der Waals surface area contributed by atoms with Gasteiger partial charge in [-0.15, -0.1) is 5.10 Å². The molecule has 0 amide bonds. The van der Waals surface area contributed by atoms with Crippen LogP contribution in [0, 0.1) is 12.7 Å². The number of hydrogen-bond donors (Lipinski definition) is 0. The van der Waals surface area contributed by atoms with Crippen molar-refractivity contribution in [2.24, 2.45) is 0 Å². The molecule has 1 aromatic carbocycles. The van der Waals surface area contributed by atoms with E-state index in [0.29, 0.717) is 28.8 Å². The van der Waals surface area contributed by atoms with Crippen molar-refractivity contribution in [3.05, 3.63) is 51.7 Å². The summed E-state index contributed by atoms with van der Waals surface area (Å²) in [4.78, 5) is 24.7. The number of aromatic nitrogens is 5. The van der Waals surface area contributed by atoms with E-state index < -0.39 is 11.4 Å². The monoisotopic (exact) mass is 315 g/mol. The van der Waals surface area contributed by atoms with Crippen molar-refractivity contribution in [3.8, 4) is 0 Å². The Hall–Kier alpha value is -2.90. The van der Waals surface area contributed by atoms with E-state index in [4.69, 9.17) is 0 Å². The normalized spacial score (nSPS) is 11.1. The van der Waals surface area contributed by atoms with Gasteiger partial charge >= 0.3 is 0 Å². The van der Waals surface area contributed by atoms with E-state index in [-0.39, 0.29) is 12.3 Å². The van der Waals surface area contributed by atoms with E-state index in [1.165, 1.54) is 24.3 Å². The lowest BCUT2D eigenvalue weighted by Crippen LogP contribution is -2.29. The summed E-state index contributed by atoms with van der Waals surface area (Å²) >= 11 is 0. The average Bonchev–Trinajstić information content (AvgIpc) is 2.87. The molecule has 0 saturated heterocycles. The Kier molecular flexibility index (Phi) is 3.73. The van der Waals surface area contributed by atoms with Gasteiger partial charge in [-0.1, -0.05) is 5.21 Å². The molecule has 23 heavy (non-hydrogen) atoms. The highest BCUT2D eigenvalue weighted by molar-refractivity contribution is 5.95. The van der Waals surface area contributed by atoms with E-state index in [2.05, 4.69) is 15.4 Å². The van der Waals surface area contributed by atoms with Crippen molar-refractivity contribution in [3.63, 3.8) is 0 Å². The SMILES string of the molecule is CCn1nc(C)c2nnn(CC(=O)c3ccc(F)cc3)c(=O)c21. The van der Waals surface area contributed by atoms with Gasteiger partial charge in [0.15, 0.2) is 11.3 Å². The number of ketones is 1. The van der Waals surface area contributed by atoms with Crippen LogP contribution < -0.4 is 5.56 Å². The molecule has 0 N–H and O–H groups in total. The number of nitrogens with zero attached hydrogens (tertiary/aromatic N) is 5. The second kappa shape index (κ2) is 5.71. The van der Waals surface area contributed by atoms with Crippen molar-refractivity contribution in [1.29, 1.82) is 0 Å². The van der Waals surface area contributed by atoms with Crippen molar-refractivity contribution < 1.29 is 9.18 Å². The summed E-state index contributed by atoms with van der Waals surface area (Å²) in [6, 6.07) is 5.13. The summed E-state index contributed by atoms with van der Waals surface area (Å²) in [5.41, 5.74) is 1.26. The second-order valence-electron chi connectivity index (χ2n) is 5.08. The van der Waals surface area contributed by atoms with Gasteiger partial charge in [0.1, 0.15) is 17.9 Å². The molecule has 2 heterocycles. The summed E-state index contributed by atoms with van der Waals surface area (Å²) in [7, 11) is 0. The number of fused-ring (bicyclic) bond motifs is 1. The molecular formula is C15H14FN5O2. The minimum absolute atomic E-state index is 0.263. The zero-order valence-electron chi connectivity index (χ0n) is 12.7. The molecule has 0 spiro atoms. The van der Waals surface area contributed by atoms with Crippen LogP contribution in [0.25, 0.3) is 11.0 Å². The Morgan fingerprint density at radius 3 is 2.57 bits per heavy atom. The highest BCUT2D eigenvalue weighted by atomic mass is 19.1. The number of benzene rings is 1. The van der Waals surface area contributed by atoms with Crippen LogP contribution in [0.2, 0.25) is 0 Å². The molecule has 0 saturated carbocycles. The van der Waals surface area contributed by atoms with Gasteiger partial charge in [-0.05, 0) is 38.1 Å². The van der Waals surface area contributed by atoms with Crippen LogP contribution in [-0.4, -0.2) is 30.6 Å². The van der Waals surface area contributed by atoms with Gasteiger partial charge in [0.2, 0.25) is 0 Å². The second-order valence-corrected chi connectivity index (χ2v) is 5.08. The van der Waals surface area contributed by atoms with E-state index in [9.17, 15) is 14.0 Å². The topological polar surface area (TPSA) is 82.7 Å². The molecular weight excluding hydrogens is 301 g/mol. The van der Waals surface area contributed by atoms with Gasteiger partial charge in [-0.25, -0.2) is 9.07 Å². The lowest BCUT2D eigenvalue weighted by molar-refractivity contribution is 0.0964. The minimum Gasteiger partial charge on any atom is -0.292 e. The lowest BCUT2D eigenvalue weighted by atomic mass is 10.1. The van der Waals surface area contributed by atoms with Gasteiger partial charge in [0, 0.05) is 12.1 Å². The fraction of sp³-hybridized carbons (Fsp3) is 0.267. The zero-order valence-corrected chi connectivity index (χ0v) is 12.7. The maximum absolute atomic E-state index is 12.9. The van der Waals surface area contributed by atoms with Gasteiger partial charge in [-0.2, -0.15) is 5.10 Å². The molecule has 0 radical (unpaired) electrons. The third kappa shape index (κ3) is 2.63. The molecule has 0 unspecified atom stereocenters. The summed E-state index contributed by atoms with van der Waals surface area (Å²) < 4.78 is 15.4. The van der Waals surface area contributed by atoms with Gasteiger partial charge in [-0.3, -0.25) is 14.3 Å². The molecule has 3 rings (SSSR count). The summed E-state index contributed by atoms with van der Waals surface area (Å²) in [5.74, 6) is -0.776. The molecule has 3 aromatic rings. The standard InChI is InChI=1S/C15H14FN5O2/c1-3-20-14-13(9(2)18-20)17-19-21(15(14)23)8-12(22)10-4-6-11(16)7-5-10/h4-7H,3,8H2,1-2H3. The summed E-state index contributed by atoms with van der Waals surface area (Å²) in [6.45, 7) is 3.86. The van der Waals surface area contributed by atoms with E-state index in [0.717, 1.165) is 4.68 Å². The maximum Gasteiger partial charge on any atom is 0.296 e. The highest BCUT2D eigenvalue weighted by Crippen LogP contribution is 2.10. The molecule has 0 fully saturated rings. The van der Waals surface area contributed by atoms with Crippen LogP contribution in [-0.2, 0) is 13.1 Å². The van der Waals surface area contributed by atoms with Gasteiger partial charge in [0.05, 0.1) is 5.69 Å². The van der Waals surface area contributed by atoms with E-state index in [1.54, 1.807) is 11.6 Å². The molecule has 0 atom stereocenters. The van der Waals surface area contributed by atoms with E-state index in [1.807, 2.05) is 6.92 Å². The number of rotatable bonds is 4. The van der Waals surface area contributed by atoms with Crippen LogP contribution in [0.3, 0.4) is 0 Å². The van der Waals surface area contributed by atoms with Crippen LogP contribution in [0.5, 0.6) is 0 Å². The smallest absolute Gasteiger partial charge is 0.292 e. The quantitative estimate of drug-likeness (QED) is 0.679. The first-order valence-corrected chi connectivity index (χ1v) is 7.11. The van der Waals surface area contributed by atoms with E-state index >= 15 is 0 Å². The number of hydrogen-bond acceptors (Lipinski definition) is 5. The predicted molar refractivity (Wildman–Crippen MR) is 80.7 cm³/mol. The van der Waals surface area contributed by atoms with Crippen molar-refractivity contribution in [1.82, 2.24) is 24.8 Å².